The van der Waals surface area contributed by atoms with Crippen molar-refractivity contribution in [1.29, 1.82) is 5.26 Å². The number of hydrogen-bond acceptors (Lipinski definition) is 5. The Labute approximate surface area is 176 Å². The minimum Gasteiger partial charge on any atom is -0.363 e. The van der Waals surface area contributed by atoms with Gasteiger partial charge in [-0.3, -0.25) is 9.59 Å². The molecule has 1 aromatic heterocycles. The standard InChI is InChI=1S/C23H25N5O2/c1-13-21(27-20-9-4-15(11-24)12-26-20)18-10-17(23(30)25-3)7-8-19(18)28(14(2)29)22(13)16-5-6-16/h4,7-10,12-13,16,21-22H,5-6H2,1-3H3,(H,25,30)(H,26,27). The van der Waals surface area contributed by atoms with Crippen molar-refractivity contribution in [1.82, 2.24) is 10.3 Å². The van der Waals surface area contributed by atoms with Gasteiger partial charge in [0.25, 0.3) is 5.91 Å². The van der Waals surface area contributed by atoms with E-state index >= 15 is 0 Å². The quantitative estimate of drug-likeness (QED) is 0.817. The molecule has 1 aromatic carbocycles. The third-order valence-electron chi connectivity index (χ3n) is 6.11. The topological polar surface area (TPSA) is 98.1 Å². The summed E-state index contributed by atoms with van der Waals surface area (Å²) >= 11 is 0. The number of aromatic nitrogens is 1. The second kappa shape index (κ2) is 7.79. The lowest BCUT2D eigenvalue weighted by molar-refractivity contribution is -0.117. The number of nitrogens with one attached hydrogen (secondary N) is 2. The highest BCUT2D eigenvalue weighted by molar-refractivity contribution is 5.98. The molecule has 0 bridgehead atoms. The Morgan fingerprint density at radius 1 is 1.23 bits per heavy atom. The molecule has 2 N–H and O–H groups in total. The van der Waals surface area contributed by atoms with Gasteiger partial charge in [-0.2, -0.15) is 5.26 Å². The van der Waals surface area contributed by atoms with E-state index in [9.17, 15) is 9.59 Å². The number of rotatable bonds is 4. The van der Waals surface area contributed by atoms with Crippen LogP contribution in [0, 0.1) is 23.2 Å². The van der Waals surface area contributed by atoms with Gasteiger partial charge in [0.05, 0.1) is 11.6 Å². The Kier molecular flexibility index (Phi) is 5.17. The lowest BCUT2D eigenvalue weighted by Crippen LogP contribution is -2.51. The first-order chi connectivity index (χ1) is 14.4. The Morgan fingerprint density at radius 2 is 2.00 bits per heavy atom. The molecule has 1 saturated carbocycles. The van der Waals surface area contributed by atoms with E-state index in [0.717, 1.165) is 24.1 Å². The summed E-state index contributed by atoms with van der Waals surface area (Å²) in [4.78, 5) is 31.2. The lowest BCUT2D eigenvalue weighted by Gasteiger charge is -2.46. The number of amides is 2. The second-order valence-electron chi connectivity index (χ2n) is 8.09. The van der Waals surface area contributed by atoms with Crippen LogP contribution in [0.5, 0.6) is 0 Å². The fourth-order valence-corrected chi connectivity index (χ4v) is 4.56. The molecule has 0 saturated heterocycles. The van der Waals surface area contributed by atoms with Crippen molar-refractivity contribution >= 4 is 23.3 Å². The highest BCUT2D eigenvalue weighted by Gasteiger charge is 2.47. The van der Waals surface area contributed by atoms with Gasteiger partial charge in [0.15, 0.2) is 0 Å². The van der Waals surface area contributed by atoms with Crippen molar-refractivity contribution in [3.63, 3.8) is 0 Å². The zero-order valence-electron chi connectivity index (χ0n) is 17.3. The zero-order valence-corrected chi connectivity index (χ0v) is 17.3. The summed E-state index contributed by atoms with van der Waals surface area (Å²) in [5.74, 6) is 1.11. The molecule has 1 fully saturated rings. The van der Waals surface area contributed by atoms with E-state index < -0.39 is 0 Å². The number of pyridine rings is 1. The molecule has 7 heteroatoms. The van der Waals surface area contributed by atoms with E-state index in [4.69, 9.17) is 5.26 Å². The van der Waals surface area contributed by atoms with E-state index in [1.54, 1.807) is 32.2 Å². The summed E-state index contributed by atoms with van der Waals surface area (Å²) in [6.07, 6.45) is 3.77. The van der Waals surface area contributed by atoms with Crippen molar-refractivity contribution < 1.29 is 9.59 Å². The van der Waals surface area contributed by atoms with Crippen LogP contribution in [-0.2, 0) is 4.79 Å². The molecule has 4 rings (SSSR count). The Hall–Kier alpha value is -3.40. The zero-order chi connectivity index (χ0) is 21.4. The number of carbonyl (C=O) groups excluding carboxylic acids is 2. The van der Waals surface area contributed by atoms with Crippen molar-refractivity contribution in [2.45, 2.75) is 38.8 Å². The molecule has 3 unspecified atom stereocenters. The number of benzene rings is 1. The van der Waals surface area contributed by atoms with Gasteiger partial charge in [0.1, 0.15) is 11.9 Å². The molecule has 1 aliphatic heterocycles. The highest BCUT2D eigenvalue weighted by atomic mass is 16.2. The smallest absolute Gasteiger partial charge is 0.251 e. The minimum absolute atomic E-state index is 0.0163. The van der Waals surface area contributed by atoms with Crippen LogP contribution < -0.4 is 15.5 Å². The lowest BCUT2D eigenvalue weighted by atomic mass is 9.79. The second-order valence-corrected chi connectivity index (χ2v) is 8.09. The van der Waals surface area contributed by atoms with E-state index in [1.165, 1.54) is 6.20 Å². The van der Waals surface area contributed by atoms with Crippen LogP contribution >= 0.6 is 0 Å². The van der Waals surface area contributed by atoms with Crippen molar-refractivity contribution in [2.24, 2.45) is 11.8 Å². The van der Waals surface area contributed by atoms with Gasteiger partial charge >= 0.3 is 0 Å². The number of fused-ring (bicyclic) bond motifs is 1. The molecular formula is C23H25N5O2. The van der Waals surface area contributed by atoms with Gasteiger partial charge in [-0.15, -0.1) is 0 Å². The van der Waals surface area contributed by atoms with Crippen LogP contribution in [0.25, 0.3) is 0 Å². The Morgan fingerprint density at radius 3 is 2.57 bits per heavy atom. The maximum absolute atomic E-state index is 12.6. The largest absolute Gasteiger partial charge is 0.363 e. The monoisotopic (exact) mass is 403 g/mol. The normalized spacial score (nSPS) is 22.6. The summed E-state index contributed by atoms with van der Waals surface area (Å²) in [5.41, 5.74) is 2.80. The van der Waals surface area contributed by atoms with Crippen molar-refractivity contribution in [3.8, 4) is 6.07 Å². The van der Waals surface area contributed by atoms with Crippen LogP contribution in [0.15, 0.2) is 36.5 Å². The SMILES string of the molecule is CNC(=O)c1ccc2c(c1)C(Nc1ccc(C#N)cn1)C(C)C(C1CC1)N2C(C)=O. The number of carbonyl (C=O) groups is 2. The fourth-order valence-electron chi connectivity index (χ4n) is 4.56. The molecule has 2 amide bonds. The van der Waals surface area contributed by atoms with Crippen LogP contribution in [0.2, 0.25) is 0 Å². The van der Waals surface area contributed by atoms with E-state index in [2.05, 4.69) is 28.6 Å². The molecule has 0 radical (unpaired) electrons. The van der Waals surface area contributed by atoms with Gasteiger partial charge in [0, 0.05) is 43.4 Å². The van der Waals surface area contributed by atoms with Crippen molar-refractivity contribution in [3.05, 3.63) is 53.2 Å². The molecule has 30 heavy (non-hydrogen) atoms. The van der Waals surface area contributed by atoms with Crippen LogP contribution in [0.4, 0.5) is 11.5 Å². The number of nitriles is 1. The molecule has 154 valence electrons. The van der Waals surface area contributed by atoms with Gasteiger partial charge in [0.2, 0.25) is 5.91 Å². The Bertz CT molecular complexity index is 1020. The first-order valence-electron chi connectivity index (χ1n) is 10.2. The minimum atomic E-state index is -0.167. The summed E-state index contributed by atoms with van der Waals surface area (Å²) in [6, 6.07) is 11.1. The highest BCUT2D eigenvalue weighted by Crippen LogP contribution is 2.50. The fraction of sp³-hybridized carbons (Fsp3) is 0.391. The van der Waals surface area contributed by atoms with Gasteiger partial charge < -0.3 is 15.5 Å². The van der Waals surface area contributed by atoms with E-state index in [0.29, 0.717) is 22.9 Å². The summed E-state index contributed by atoms with van der Waals surface area (Å²) in [6.45, 7) is 3.75. The number of hydrogen-bond donors (Lipinski definition) is 2. The first-order valence-corrected chi connectivity index (χ1v) is 10.2. The molecule has 0 spiro atoms. The maximum atomic E-state index is 12.6. The van der Waals surface area contributed by atoms with Gasteiger partial charge in [-0.05, 0) is 54.7 Å². The molecule has 2 aromatic rings. The average molecular weight is 403 g/mol. The van der Waals surface area contributed by atoms with Crippen LogP contribution in [0.1, 0.15) is 54.2 Å². The Balaban J connectivity index is 1.80. The summed E-state index contributed by atoms with van der Waals surface area (Å²) in [5, 5.41) is 15.2. The van der Waals surface area contributed by atoms with E-state index in [1.807, 2.05) is 17.0 Å². The van der Waals surface area contributed by atoms with Gasteiger partial charge in [-0.1, -0.05) is 6.92 Å². The number of anilines is 2. The third-order valence-corrected chi connectivity index (χ3v) is 6.11. The molecule has 2 heterocycles. The molecular weight excluding hydrogens is 378 g/mol. The van der Waals surface area contributed by atoms with Crippen LogP contribution in [-0.4, -0.2) is 29.9 Å². The third kappa shape index (κ3) is 3.50. The summed E-state index contributed by atoms with van der Waals surface area (Å²) < 4.78 is 0. The predicted octanol–water partition coefficient (Wildman–Crippen LogP) is 3.25. The number of nitrogens with zero attached hydrogens (tertiary/aromatic N) is 3. The molecule has 3 atom stereocenters. The molecule has 2 aliphatic rings. The predicted molar refractivity (Wildman–Crippen MR) is 114 cm³/mol. The van der Waals surface area contributed by atoms with E-state index in [-0.39, 0.29) is 29.8 Å². The first kappa shape index (κ1) is 19.9. The average Bonchev–Trinajstić information content (AvgIpc) is 3.59. The van der Waals surface area contributed by atoms with Crippen molar-refractivity contribution in [2.75, 3.05) is 17.3 Å². The molecule has 7 nitrogen and oxygen atoms in total. The van der Waals surface area contributed by atoms with Gasteiger partial charge in [-0.25, -0.2) is 4.98 Å². The summed E-state index contributed by atoms with van der Waals surface area (Å²) in [7, 11) is 1.60. The van der Waals surface area contributed by atoms with Crippen LogP contribution in [0.3, 0.4) is 0 Å². The maximum Gasteiger partial charge on any atom is 0.251 e. The molecule has 1 aliphatic carbocycles.